The van der Waals surface area contributed by atoms with Crippen molar-refractivity contribution >= 4 is 34.0 Å². The molecule has 1 aliphatic rings. The highest BCUT2D eigenvalue weighted by atomic mass is 16.5. The second kappa shape index (κ2) is 8.19. The number of fused-ring (bicyclic) bond motifs is 1. The Kier molecular flexibility index (Phi) is 5.44. The van der Waals surface area contributed by atoms with Gasteiger partial charge in [-0.15, -0.1) is 0 Å². The number of nitrogens with one attached hydrogen (secondary N) is 2. The highest BCUT2D eigenvalue weighted by Crippen LogP contribution is 2.31. The van der Waals surface area contributed by atoms with E-state index in [2.05, 4.69) is 10.6 Å². The summed E-state index contributed by atoms with van der Waals surface area (Å²) in [6.07, 6.45) is 1.91. The van der Waals surface area contributed by atoms with E-state index < -0.39 is 0 Å². The molecule has 1 aliphatic carbocycles. The van der Waals surface area contributed by atoms with Crippen molar-refractivity contribution in [3.8, 4) is 5.75 Å². The van der Waals surface area contributed by atoms with Gasteiger partial charge in [-0.1, -0.05) is 30.3 Å². The molecule has 5 nitrogen and oxygen atoms in total. The summed E-state index contributed by atoms with van der Waals surface area (Å²) in [5, 5.41) is 8.09. The first-order valence-electron chi connectivity index (χ1n) is 10.2. The third-order valence-electron chi connectivity index (χ3n) is 5.68. The number of anilines is 2. The number of carbonyl (C=O) groups is 2. The van der Waals surface area contributed by atoms with Crippen LogP contribution in [0.3, 0.4) is 0 Å². The predicted molar refractivity (Wildman–Crippen MR) is 120 cm³/mol. The summed E-state index contributed by atoms with van der Waals surface area (Å²) in [7, 11) is 1.65. The first-order valence-corrected chi connectivity index (χ1v) is 10.2. The van der Waals surface area contributed by atoms with Gasteiger partial charge in [-0.05, 0) is 72.9 Å². The molecule has 0 heterocycles. The minimum atomic E-state index is -0.317. The molecule has 4 rings (SSSR count). The second-order valence-corrected chi connectivity index (χ2v) is 7.98. The fourth-order valence-corrected chi connectivity index (χ4v) is 3.46. The van der Waals surface area contributed by atoms with Crippen LogP contribution in [0.4, 0.5) is 11.4 Å². The zero-order valence-corrected chi connectivity index (χ0v) is 17.5. The van der Waals surface area contributed by atoms with E-state index in [-0.39, 0.29) is 23.7 Å². The monoisotopic (exact) mass is 402 g/mol. The third kappa shape index (κ3) is 4.30. The van der Waals surface area contributed by atoms with E-state index in [1.807, 2.05) is 68.4 Å². The Morgan fingerprint density at radius 3 is 2.43 bits per heavy atom. The Bertz CT molecular complexity index is 1120. The van der Waals surface area contributed by atoms with Gasteiger partial charge in [0.2, 0.25) is 11.8 Å². The van der Waals surface area contributed by atoms with Crippen molar-refractivity contribution in [1.82, 2.24) is 0 Å². The quantitative estimate of drug-likeness (QED) is 0.592. The van der Waals surface area contributed by atoms with Gasteiger partial charge in [0.1, 0.15) is 5.75 Å². The van der Waals surface area contributed by atoms with Crippen LogP contribution in [-0.2, 0) is 9.59 Å². The molecule has 1 fully saturated rings. The Morgan fingerprint density at radius 1 is 0.967 bits per heavy atom. The van der Waals surface area contributed by atoms with Crippen molar-refractivity contribution < 1.29 is 14.3 Å². The lowest BCUT2D eigenvalue weighted by Crippen LogP contribution is -2.19. The van der Waals surface area contributed by atoms with Crippen molar-refractivity contribution in [2.24, 2.45) is 5.92 Å². The Morgan fingerprint density at radius 2 is 1.70 bits per heavy atom. The average Bonchev–Trinajstić information content (AvgIpc) is 3.60. The van der Waals surface area contributed by atoms with Crippen molar-refractivity contribution in [2.75, 3.05) is 17.7 Å². The van der Waals surface area contributed by atoms with Gasteiger partial charge in [-0.25, -0.2) is 0 Å². The topological polar surface area (TPSA) is 67.4 Å². The van der Waals surface area contributed by atoms with Crippen LogP contribution in [0, 0.1) is 12.8 Å². The fraction of sp³-hybridized carbons (Fsp3) is 0.280. The highest BCUT2D eigenvalue weighted by Gasteiger charge is 2.29. The molecular formula is C25H26N2O3. The van der Waals surface area contributed by atoms with Crippen LogP contribution in [-0.4, -0.2) is 18.9 Å². The number of hydrogen-bond acceptors (Lipinski definition) is 3. The molecule has 5 heteroatoms. The summed E-state index contributed by atoms with van der Waals surface area (Å²) in [6, 6.07) is 17.5. The Hall–Kier alpha value is -3.34. The zero-order valence-electron chi connectivity index (χ0n) is 17.5. The molecule has 1 saturated carbocycles. The maximum atomic E-state index is 12.9. The maximum absolute atomic E-state index is 12.9. The van der Waals surface area contributed by atoms with Gasteiger partial charge in [-0.2, -0.15) is 0 Å². The summed E-state index contributed by atoms with van der Waals surface area (Å²) in [6.45, 7) is 3.84. The molecule has 0 aromatic heterocycles. The van der Waals surface area contributed by atoms with E-state index >= 15 is 0 Å². The fourth-order valence-electron chi connectivity index (χ4n) is 3.46. The zero-order chi connectivity index (χ0) is 21.3. The van der Waals surface area contributed by atoms with E-state index in [0.717, 1.165) is 46.2 Å². The van der Waals surface area contributed by atoms with Crippen LogP contribution in [0.2, 0.25) is 0 Å². The lowest BCUT2D eigenvalue weighted by atomic mass is 9.97. The third-order valence-corrected chi connectivity index (χ3v) is 5.68. The largest absolute Gasteiger partial charge is 0.497 e. The molecule has 3 aromatic carbocycles. The standard InChI is InChI=1S/C25H26N2O3/c1-15-4-10-21(14-23(15)27-25(29)17-5-6-17)26-24(28)16(2)18-7-8-20-13-22(30-3)11-9-19(20)12-18/h4,7-14,16-17H,5-6H2,1-3H3,(H,26,28)(H,27,29)/t16-/m0/s1. The van der Waals surface area contributed by atoms with E-state index in [0.29, 0.717) is 5.69 Å². The van der Waals surface area contributed by atoms with Crippen LogP contribution in [0.15, 0.2) is 54.6 Å². The van der Waals surface area contributed by atoms with E-state index in [9.17, 15) is 9.59 Å². The number of ether oxygens (including phenoxy) is 1. The molecule has 0 unspecified atom stereocenters. The van der Waals surface area contributed by atoms with Gasteiger partial charge in [0.15, 0.2) is 0 Å². The van der Waals surface area contributed by atoms with Gasteiger partial charge in [0, 0.05) is 17.3 Å². The summed E-state index contributed by atoms with van der Waals surface area (Å²) < 4.78 is 5.27. The van der Waals surface area contributed by atoms with Crippen molar-refractivity contribution in [3.05, 3.63) is 65.7 Å². The molecule has 2 N–H and O–H groups in total. The smallest absolute Gasteiger partial charge is 0.231 e. The molecule has 1 atom stereocenters. The number of methoxy groups -OCH3 is 1. The van der Waals surface area contributed by atoms with Crippen LogP contribution < -0.4 is 15.4 Å². The van der Waals surface area contributed by atoms with Crippen molar-refractivity contribution in [3.63, 3.8) is 0 Å². The summed E-state index contributed by atoms with van der Waals surface area (Å²) in [5.41, 5.74) is 3.34. The molecule has 0 radical (unpaired) electrons. The Labute approximate surface area is 176 Å². The summed E-state index contributed by atoms with van der Waals surface area (Å²) in [5.74, 6) is 0.594. The minimum Gasteiger partial charge on any atom is -0.497 e. The highest BCUT2D eigenvalue weighted by molar-refractivity contribution is 5.99. The van der Waals surface area contributed by atoms with Crippen molar-refractivity contribution in [2.45, 2.75) is 32.6 Å². The lowest BCUT2D eigenvalue weighted by molar-refractivity contribution is -0.118. The lowest BCUT2D eigenvalue weighted by Gasteiger charge is -2.15. The van der Waals surface area contributed by atoms with E-state index in [1.54, 1.807) is 7.11 Å². The van der Waals surface area contributed by atoms with Gasteiger partial charge < -0.3 is 15.4 Å². The molecule has 154 valence electrons. The predicted octanol–water partition coefficient (Wildman–Crippen LogP) is 5.25. The molecule has 0 bridgehead atoms. The number of benzene rings is 3. The molecule has 30 heavy (non-hydrogen) atoms. The number of carbonyl (C=O) groups excluding carboxylic acids is 2. The molecular weight excluding hydrogens is 376 g/mol. The number of amides is 2. The van der Waals surface area contributed by atoms with E-state index in [4.69, 9.17) is 4.74 Å². The van der Waals surface area contributed by atoms with Crippen LogP contribution in [0.25, 0.3) is 10.8 Å². The van der Waals surface area contributed by atoms with Crippen LogP contribution in [0.1, 0.15) is 36.8 Å². The number of aryl methyl sites for hydroxylation is 1. The molecule has 0 aliphatic heterocycles. The molecule has 2 amide bonds. The van der Waals surface area contributed by atoms with Gasteiger partial charge in [0.05, 0.1) is 13.0 Å². The average molecular weight is 402 g/mol. The first-order chi connectivity index (χ1) is 14.4. The van der Waals surface area contributed by atoms with Crippen LogP contribution >= 0.6 is 0 Å². The maximum Gasteiger partial charge on any atom is 0.231 e. The number of hydrogen-bond donors (Lipinski definition) is 2. The number of rotatable bonds is 6. The minimum absolute atomic E-state index is 0.0581. The second-order valence-electron chi connectivity index (χ2n) is 7.98. The summed E-state index contributed by atoms with van der Waals surface area (Å²) in [4.78, 5) is 25.0. The SMILES string of the molecule is COc1ccc2cc([C@H](C)C(=O)Nc3ccc(C)c(NC(=O)C4CC4)c3)ccc2c1. The van der Waals surface area contributed by atoms with Gasteiger partial charge in [0.25, 0.3) is 0 Å². The molecule has 0 saturated heterocycles. The Balaban J connectivity index is 1.49. The molecule has 3 aromatic rings. The summed E-state index contributed by atoms with van der Waals surface area (Å²) >= 11 is 0. The van der Waals surface area contributed by atoms with Crippen molar-refractivity contribution in [1.29, 1.82) is 0 Å². The van der Waals surface area contributed by atoms with Gasteiger partial charge >= 0.3 is 0 Å². The van der Waals surface area contributed by atoms with E-state index in [1.165, 1.54) is 0 Å². The molecule has 0 spiro atoms. The first kappa shape index (κ1) is 20.0. The van der Waals surface area contributed by atoms with Gasteiger partial charge in [-0.3, -0.25) is 9.59 Å². The normalized spacial score (nSPS) is 14.2. The van der Waals surface area contributed by atoms with Crippen LogP contribution in [0.5, 0.6) is 5.75 Å².